The van der Waals surface area contributed by atoms with Crippen LogP contribution < -0.4 is 16.2 Å². The van der Waals surface area contributed by atoms with Crippen LogP contribution >= 0.6 is 0 Å². The van der Waals surface area contributed by atoms with Gasteiger partial charge in [0.05, 0.1) is 11.4 Å². The van der Waals surface area contributed by atoms with Gasteiger partial charge in [0, 0.05) is 17.7 Å². The largest absolute Gasteiger partial charge is 0.345 e. The van der Waals surface area contributed by atoms with Gasteiger partial charge in [0.1, 0.15) is 5.82 Å². The molecule has 3 N–H and O–H groups in total. The number of amides is 2. The van der Waals surface area contributed by atoms with Crippen molar-refractivity contribution in [2.45, 2.75) is 103 Å². The maximum atomic E-state index is 12.8. The highest BCUT2D eigenvalue weighted by atomic mass is 16.2. The first-order valence-electron chi connectivity index (χ1n) is 12.8. The third-order valence-corrected chi connectivity index (χ3v) is 6.85. The molecule has 0 saturated heterocycles. The predicted octanol–water partition coefficient (Wildman–Crippen LogP) is 3.48. The zero-order chi connectivity index (χ0) is 23.9. The van der Waals surface area contributed by atoms with Crippen LogP contribution in [0.2, 0.25) is 0 Å². The van der Waals surface area contributed by atoms with Crippen molar-refractivity contribution in [1.29, 1.82) is 0 Å². The summed E-state index contributed by atoms with van der Waals surface area (Å²) in [5.74, 6) is -0.833. The Bertz CT molecular complexity index is 1060. The third kappa shape index (κ3) is 6.12. The molecule has 0 radical (unpaired) electrons. The summed E-state index contributed by atoms with van der Waals surface area (Å²) in [6, 6.07) is 1.67. The van der Waals surface area contributed by atoms with E-state index in [1.165, 1.54) is 49.6 Å². The van der Waals surface area contributed by atoms with E-state index in [9.17, 15) is 14.4 Å². The van der Waals surface area contributed by atoms with E-state index >= 15 is 0 Å². The van der Waals surface area contributed by atoms with Crippen LogP contribution in [0.25, 0.3) is 5.95 Å². The first-order chi connectivity index (χ1) is 16.5. The van der Waals surface area contributed by atoms with Crippen molar-refractivity contribution >= 4 is 17.6 Å². The zero-order valence-corrected chi connectivity index (χ0v) is 20.1. The Hall–Kier alpha value is -2.97. The van der Waals surface area contributed by atoms with E-state index in [1.807, 2.05) is 0 Å². The van der Waals surface area contributed by atoms with Gasteiger partial charge >= 0.3 is 11.8 Å². The number of H-pyrrole nitrogens is 1. The number of aromatic amines is 1. The lowest BCUT2D eigenvalue weighted by Crippen LogP contribution is -2.42. The molecule has 0 aromatic carbocycles. The number of rotatable bonds is 3. The molecule has 9 nitrogen and oxygen atoms in total. The molecule has 9 heteroatoms. The van der Waals surface area contributed by atoms with Gasteiger partial charge in [-0.25, -0.2) is 4.98 Å². The summed E-state index contributed by atoms with van der Waals surface area (Å²) in [7, 11) is 0. The number of aromatic nitrogens is 4. The normalized spacial score (nSPS) is 17.9. The quantitative estimate of drug-likeness (QED) is 0.596. The number of fused-ring (bicyclic) bond motifs is 1. The van der Waals surface area contributed by atoms with Gasteiger partial charge in [-0.05, 0) is 39.0 Å². The van der Waals surface area contributed by atoms with E-state index in [0.717, 1.165) is 56.2 Å². The van der Waals surface area contributed by atoms with Gasteiger partial charge in [-0.3, -0.25) is 19.4 Å². The lowest BCUT2D eigenvalue weighted by atomic mass is 9.98. The molecule has 0 atom stereocenters. The van der Waals surface area contributed by atoms with Crippen molar-refractivity contribution in [1.82, 2.24) is 25.1 Å². The fourth-order valence-electron chi connectivity index (χ4n) is 5.01. The first-order valence-corrected chi connectivity index (χ1v) is 12.8. The summed E-state index contributed by atoms with van der Waals surface area (Å²) in [6.07, 6.45) is 15.0. The Kier molecular flexibility index (Phi) is 8.13. The van der Waals surface area contributed by atoms with E-state index < -0.39 is 11.8 Å². The summed E-state index contributed by atoms with van der Waals surface area (Å²) in [6.45, 7) is 1.78. The highest BCUT2D eigenvalue weighted by Gasteiger charge is 2.23. The molecule has 1 saturated carbocycles. The second kappa shape index (κ2) is 11.4. The number of nitrogens with zero attached hydrogens (tertiary/aromatic N) is 3. The summed E-state index contributed by atoms with van der Waals surface area (Å²) in [5.41, 5.74) is 1.94. The van der Waals surface area contributed by atoms with Crippen LogP contribution in [0.15, 0.2) is 10.9 Å². The molecule has 2 amide bonds. The van der Waals surface area contributed by atoms with E-state index in [2.05, 4.69) is 25.7 Å². The fraction of sp³-hybridized carbons (Fsp3) is 0.640. The van der Waals surface area contributed by atoms with Crippen LogP contribution in [0.3, 0.4) is 0 Å². The standard InChI is InChI=1S/C25H36N6O3/c1-17-16-21(31(30-17)25-27-20-15-11-14-19(20)22(32)29-25)28-24(34)23(33)26-18-12-9-7-5-3-2-4-6-8-10-13-18/h16,18H,2-15H2,1H3,(H,26,33)(H,28,34)(H,27,29,32). The summed E-state index contributed by atoms with van der Waals surface area (Å²) in [5, 5.41) is 9.98. The molecule has 34 heavy (non-hydrogen) atoms. The second-order valence-corrected chi connectivity index (χ2v) is 9.63. The average molecular weight is 469 g/mol. The molecule has 184 valence electrons. The summed E-state index contributed by atoms with van der Waals surface area (Å²) < 4.78 is 1.39. The highest BCUT2D eigenvalue weighted by Crippen LogP contribution is 2.20. The summed E-state index contributed by atoms with van der Waals surface area (Å²) >= 11 is 0. The minimum atomic E-state index is -0.740. The minimum Gasteiger partial charge on any atom is -0.345 e. The van der Waals surface area contributed by atoms with E-state index in [-0.39, 0.29) is 17.5 Å². The minimum absolute atomic E-state index is 0.0130. The van der Waals surface area contributed by atoms with Crippen molar-refractivity contribution in [3.05, 3.63) is 33.4 Å². The van der Waals surface area contributed by atoms with Gasteiger partial charge in [-0.15, -0.1) is 0 Å². The molecule has 2 aliphatic carbocycles. The van der Waals surface area contributed by atoms with Gasteiger partial charge in [0.2, 0.25) is 5.95 Å². The topological polar surface area (TPSA) is 122 Å². The number of hydrogen-bond acceptors (Lipinski definition) is 5. The van der Waals surface area contributed by atoms with Crippen LogP contribution in [0.4, 0.5) is 5.82 Å². The van der Waals surface area contributed by atoms with E-state index in [1.54, 1.807) is 13.0 Å². The number of carbonyl (C=O) groups is 2. The van der Waals surface area contributed by atoms with Gasteiger partial charge in [-0.1, -0.05) is 57.8 Å². The van der Waals surface area contributed by atoms with E-state index in [4.69, 9.17) is 0 Å². The molecule has 2 aromatic heterocycles. The number of anilines is 1. The highest BCUT2D eigenvalue weighted by molar-refractivity contribution is 6.39. The lowest BCUT2D eigenvalue weighted by molar-refractivity contribution is -0.136. The molecule has 1 fully saturated rings. The second-order valence-electron chi connectivity index (χ2n) is 9.63. The molecule has 4 rings (SSSR count). The Morgan fingerprint density at radius 2 is 1.59 bits per heavy atom. The number of aryl methyl sites for hydroxylation is 2. The average Bonchev–Trinajstić information content (AvgIpc) is 3.42. The predicted molar refractivity (Wildman–Crippen MR) is 130 cm³/mol. The van der Waals surface area contributed by atoms with Crippen LogP contribution in [0.1, 0.15) is 94.0 Å². The van der Waals surface area contributed by atoms with Crippen molar-refractivity contribution in [3.8, 4) is 5.95 Å². The Labute approximate surface area is 200 Å². The van der Waals surface area contributed by atoms with Crippen molar-refractivity contribution in [2.24, 2.45) is 0 Å². The van der Waals surface area contributed by atoms with Crippen LogP contribution in [0.5, 0.6) is 0 Å². The molecular formula is C25H36N6O3. The van der Waals surface area contributed by atoms with Crippen LogP contribution in [0, 0.1) is 6.92 Å². The number of hydrogen-bond donors (Lipinski definition) is 3. The Morgan fingerprint density at radius 3 is 2.26 bits per heavy atom. The van der Waals surface area contributed by atoms with Crippen LogP contribution in [-0.2, 0) is 22.4 Å². The lowest BCUT2D eigenvalue weighted by Gasteiger charge is -2.19. The fourth-order valence-corrected chi connectivity index (χ4v) is 5.01. The van der Waals surface area contributed by atoms with Gasteiger partial charge in [-0.2, -0.15) is 9.78 Å². The summed E-state index contributed by atoms with van der Waals surface area (Å²) in [4.78, 5) is 45.2. The molecule has 0 aliphatic heterocycles. The third-order valence-electron chi connectivity index (χ3n) is 6.85. The molecular weight excluding hydrogens is 432 g/mol. The maximum absolute atomic E-state index is 12.8. The number of nitrogens with one attached hydrogen (secondary N) is 3. The molecule has 2 aromatic rings. The van der Waals surface area contributed by atoms with Gasteiger partial charge in [0.15, 0.2) is 0 Å². The van der Waals surface area contributed by atoms with Crippen molar-refractivity contribution in [3.63, 3.8) is 0 Å². The molecule has 0 bridgehead atoms. The van der Waals surface area contributed by atoms with Crippen molar-refractivity contribution in [2.75, 3.05) is 5.32 Å². The van der Waals surface area contributed by atoms with E-state index in [0.29, 0.717) is 11.5 Å². The SMILES string of the molecule is Cc1cc(NC(=O)C(=O)NC2CCCCCCCCCCC2)n(-c2nc3c(c(=O)[nH]2)CCC3)n1. The first kappa shape index (κ1) is 24.2. The van der Waals surface area contributed by atoms with Gasteiger partial charge in [0.25, 0.3) is 5.56 Å². The van der Waals surface area contributed by atoms with Crippen molar-refractivity contribution < 1.29 is 9.59 Å². The Balaban J connectivity index is 1.42. The monoisotopic (exact) mass is 468 g/mol. The number of carbonyl (C=O) groups excluding carboxylic acids is 2. The van der Waals surface area contributed by atoms with Crippen LogP contribution in [-0.4, -0.2) is 37.6 Å². The molecule has 2 heterocycles. The molecule has 0 spiro atoms. The molecule has 2 aliphatic rings. The Morgan fingerprint density at radius 1 is 0.941 bits per heavy atom. The smallest absolute Gasteiger partial charge is 0.314 e. The maximum Gasteiger partial charge on any atom is 0.314 e. The van der Waals surface area contributed by atoms with Gasteiger partial charge < -0.3 is 10.6 Å². The zero-order valence-electron chi connectivity index (χ0n) is 20.1. The molecule has 0 unspecified atom stereocenters.